The fraction of sp³-hybridized carbons (Fsp3) is 0.562. The van der Waals surface area contributed by atoms with Crippen molar-refractivity contribution in [1.29, 1.82) is 0 Å². The van der Waals surface area contributed by atoms with E-state index in [2.05, 4.69) is 44.0 Å². The molecular weight excluding hydrogens is 248 g/mol. The van der Waals surface area contributed by atoms with Crippen molar-refractivity contribution in [3.8, 4) is 0 Å². The minimum absolute atomic E-state index is 0.315. The summed E-state index contributed by atoms with van der Waals surface area (Å²) in [6, 6.07) is 6.46. The van der Waals surface area contributed by atoms with E-state index in [1.807, 2.05) is 6.20 Å². The molecule has 1 aliphatic heterocycles. The van der Waals surface area contributed by atoms with Crippen LogP contribution in [0.25, 0.3) is 5.65 Å². The van der Waals surface area contributed by atoms with Gasteiger partial charge in [0.1, 0.15) is 11.5 Å². The van der Waals surface area contributed by atoms with E-state index in [0.29, 0.717) is 5.54 Å². The van der Waals surface area contributed by atoms with Crippen LogP contribution in [0, 0.1) is 0 Å². The van der Waals surface area contributed by atoms with Gasteiger partial charge in [0, 0.05) is 32.0 Å². The largest absolute Gasteiger partial charge is 0.349 e. The van der Waals surface area contributed by atoms with Crippen molar-refractivity contribution < 1.29 is 0 Å². The second kappa shape index (κ2) is 4.77. The molecule has 0 bridgehead atoms. The molecule has 2 fully saturated rings. The van der Waals surface area contributed by atoms with Gasteiger partial charge in [0.2, 0.25) is 0 Å². The minimum Gasteiger partial charge on any atom is -0.349 e. The summed E-state index contributed by atoms with van der Waals surface area (Å²) in [7, 11) is 0. The van der Waals surface area contributed by atoms with E-state index in [1.54, 1.807) is 0 Å². The SMILES string of the molecule is c1cc(N2CCNCC23CCCCC3)n2ccnc2c1. The van der Waals surface area contributed by atoms with Crippen LogP contribution >= 0.6 is 0 Å². The van der Waals surface area contributed by atoms with Crippen molar-refractivity contribution in [2.45, 2.75) is 37.6 Å². The van der Waals surface area contributed by atoms with Crippen molar-refractivity contribution in [2.24, 2.45) is 0 Å². The highest BCUT2D eigenvalue weighted by atomic mass is 15.3. The molecule has 2 aliphatic rings. The number of nitrogens with one attached hydrogen (secondary N) is 1. The van der Waals surface area contributed by atoms with Gasteiger partial charge in [-0.05, 0) is 25.0 Å². The fourth-order valence-corrected chi connectivity index (χ4v) is 4.01. The summed E-state index contributed by atoms with van der Waals surface area (Å²) in [6.45, 7) is 3.29. The molecule has 0 radical (unpaired) electrons. The molecule has 0 atom stereocenters. The van der Waals surface area contributed by atoms with E-state index < -0.39 is 0 Å². The Hall–Kier alpha value is -1.55. The first kappa shape index (κ1) is 12.2. The average Bonchev–Trinajstić information content (AvgIpc) is 2.97. The molecule has 1 saturated carbocycles. The molecule has 2 aromatic heterocycles. The second-order valence-electron chi connectivity index (χ2n) is 6.15. The number of piperazine rings is 1. The van der Waals surface area contributed by atoms with E-state index in [4.69, 9.17) is 0 Å². The number of pyridine rings is 1. The van der Waals surface area contributed by atoms with Crippen LogP contribution < -0.4 is 10.2 Å². The number of anilines is 1. The highest BCUT2D eigenvalue weighted by Crippen LogP contribution is 2.37. The van der Waals surface area contributed by atoms with Crippen molar-refractivity contribution in [3.05, 3.63) is 30.6 Å². The Bertz CT molecular complexity index is 589. The van der Waals surface area contributed by atoms with Crippen LogP contribution in [-0.2, 0) is 0 Å². The summed E-state index contributed by atoms with van der Waals surface area (Å²) in [5.41, 5.74) is 1.36. The summed E-state index contributed by atoms with van der Waals surface area (Å²) in [6.07, 6.45) is 10.7. The molecule has 0 unspecified atom stereocenters. The van der Waals surface area contributed by atoms with Gasteiger partial charge in [-0.3, -0.25) is 4.40 Å². The van der Waals surface area contributed by atoms with Gasteiger partial charge >= 0.3 is 0 Å². The zero-order valence-corrected chi connectivity index (χ0v) is 11.9. The Balaban J connectivity index is 1.79. The maximum atomic E-state index is 4.43. The molecule has 1 saturated heterocycles. The van der Waals surface area contributed by atoms with E-state index in [9.17, 15) is 0 Å². The van der Waals surface area contributed by atoms with E-state index >= 15 is 0 Å². The third kappa shape index (κ3) is 1.82. The lowest BCUT2D eigenvalue weighted by Gasteiger charge is -2.51. The van der Waals surface area contributed by atoms with Crippen LogP contribution in [0.4, 0.5) is 5.82 Å². The van der Waals surface area contributed by atoms with Gasteiger partial charge < -0.3 is 10.2 Å². The molecule has 1 aliphatic carbocycles. The van der Waals surface area contributed by atoms with Crippen LogP contribution in [-0.4, -0.2) is 34.6 Å². The summed E-state index contributed by atoms with van der Waals surface area (Å²) < 4.78 is 2.24. The molecular formula is C16H22N4. The molecule has 0 aromatic carbocycles. The molecule has 4 nitrogen and oxygen atoms in total. The van der Waals surface area contributed by atoms with Crippen molar-refractivity contribution >= 4 is 11.5 Å². The zero-order chi connectivity index (χ0) is 13.4. The van der Waals surface area contributed by atoms with Gasteiger partial charge in [0.25, 0.3) is 0 Å². The van der Waals surface area contributed by atoms with Crippen LogP contribution in [0.2, 0.25) is 0 Å². The number of rotatable bonds is 1. The molecule has 4 heteroatoms. The molecule has 1 N–H and O–H groups in total. The van der Waals surface area contributed by atoms with Crippen LogP contribution in [0.3, 0.4) is 0 Å². The number of nitrogens with zero attached hydrogens (tertiary/aromatic N) is 3. The number of hydrogen-bond donors (Lipinski definition) is 1. The van der Waals surface area contributed by atoms with Crippen LogP contribution in [0.1, 0.15) is 32.1 Å². The number of fused-ring (bicyclic) bond motifs is 1. The van der Waals surface area contributed by atoms with Gasteiger partial charge in [0.05, 0.1) is 5.54 Å². The molecule has 0 amide bonds. The van der Waals surface area contributed by atoms with E-state index in [1.165, 1.54) is 37.9 Å². The maximum Gasteiger partial charge on any atom is 0.138 e. The fourth-order valence-electron chi connectivity index (χ4n) is 4.01. The Labute approximate surface area is 119 Å². The smallest absolute Gasteiger partial charge is 0.138 e. The molecule has 2 aromatic rings. The summed E-state index contributed by atoms with van der Waals surface area (Å²) in [5.74, 6) is 1.31. The summed E-state index contributed by atoms with van der Waals surface area (Å²) in [4.78, 5) is 7.08. The highest BCUT2D eigenvalue weighted by Gasteiger charge is 2.40. The number of aromatic nitrogens is 2. The van der Waals surface area contributed by atoms with Crippen LogP contribution in [0.15, 0.2) is 30.6 Å². The van der Waals surface area contributed by atoms with Crippen molar-refractivity contribution in [1.82, 2.24) is 14.7 Å². The predicted octanol–water partition coefficient (Wildman–Crippen LogP) is 2.45. The maximum absolute atomic E-state index is 4.43. The lowest BCUT2D eigenvalue weighted by Crippen LogP contribution is -2.62. The lowest BCUT2D eigenvalue weighted by atomic mass is 9.79. The van der Waals surface area contributed by atoms with E-state index in [0.717, 1.165) is 25.3 Å². The minimum atomic E-state index is 0.315. The molecule has 4 rings (SSSR count). The summed E-state index contributed by atoms with van der Waals surface area (Å²) in [5, 5.41) is 3.62. The third-order valence-corrected chi connectivity index (χ3v) is 5.01. The monoisotopic (exact) mass is 270 g/mol. The first-order chi connectivity index (χ1) is 9.89. The van der Waals surface area contributed by atoms with Gasteiger partial charge in [-0.2, -0.15) is 0 Å². The normalized spacial score (nSPS) is 22.5. The molecule has 3 heterocycles. The third-order valence-electron chi connectivity index (χ3n) is 5.01. The predicted molar refractivity (Wildman–Crippen MR) is 81.2 cm³/mol. The average molecular weight is 270 g/mol. The van der Waals surface area contributed by atoms with Gasteiger partial charge in [0.15, 0.2) is 0 Å². The molecule has 20 heavy (non-hydrogen) atoms. The Kier molecular flexibility index (Phi) is 2.91. The number of hydrogen-bond acceptors (Lipinski definition) is 3. The van der Waals surface area contributed by atoms with Crippen molar-refractivity contribution in [3.63, 3.8) is 0 Å². The zero-order valence-electron chi connectivity index (χ0n) is 11.9. The molecule has 1 spiro atoms. The van der Waals surface area contributed by atoms with Crippen molar-refractivity contribution in [2.75, 3.05) is 24.5 Å². The lowest BCUT2D eigenvalue weighted by molar-refractivity contribution is 0.239. The molecule has 106 valence electrons. The number of imidazole rings is 1. The van der Waals surface area contributed by atoms with Gasteiger partial charge in [-0.15, -0.1) is 0 Å². The second-order valence-corrected chi connectivity index (χ2v) is 6.15. The Morgan fingerprint density at radius 2 is 2.05 bits per heavy atom. The van der Waals surface area contributed by atoms with E-state index in [-0.39, 0.29) is 0 Å². The Morgan fingerprint density at radius 3 is 2.95 bits per heavy atom. The highest BCUT2D eigenvalue weighted by molar-refractivity contribution is 5.53. The summed E-state index contributed by atoms with van der Waals surface area (Å²) >= 11 is 0. The van der Waals surface area contributed by atoms with Gasteiger partial charge in [-0.1, -0.05) is 25.3 Å². The van der Waals surface area contributed by atoms with Crippen LogP contribution in [0.5, 0.6) is 0 Å². The topological polar surface area (TPSA) is 32.6 Å². The standard InChI is InChI=1S/C16H22N4/c1-2-7-16(8-3-1)13-17-9-12-20(16)15-6-4-5-14-18-10-11-19(14)15/h4-6,10-11,17H,1-3,7-9,12-13H2. The first-order valence-corrected chi connectivity index (χ1v) is 7.80. The quantitative estimate of drug-likeness (QED) is 0.864. The first-order valence-electron chi connectivity index (χ1n) is 7.80. The van der Waals surface area contributed by atoms with Gasteiger partial charge in [-0.25, -0.2) is 4.98 Å². The Morgan fingerprint density at radius 1 is 1.15 bits per heavy atom.